The quantitative estimate of drug-likeness (QED) is 0.780. The van der Waals surface area contributed by atoms with Gasteiger partial charge in [-0.2, -0.15) is 4.40 Å². The first-order valence-electron chi connectivity index (χ1n) is 8.28. The van der Waals surface area contributed by atoms with Gasteiger partial charge in [0.15, 0.2) is 0 Å². The molecule has 1 aliphatic rings. The first-order chi connectivity index (χ1) is 11.4. The number of hydrogen-bond donors (Lipinski definition) is 0. The van der Waals surface area contributed by atoms with Crippen molar-refractivity contribution in [3.63, 3.8) is 0 Å². The molecule has 1 heterocycles. The predicted octanol–water partition coefficient (Wildman–Crippen LogP) is 3.57. The number of ether oxygens (including phenoxy) is 1. The molecular weight excluding hydrogens is 324 g/mol. The Hall–Kier alpha value is -1.69. The van der Waals surface area contributed by atoms with Crippen molar-refractivity contribution in [2.75, 3.05) is 13.1 Å². The standard InChI is InChI=1S/C18H26N2O3S/c1-18(2,3)24(22)19-13-15-9-11-20(12-10-15)17(21)23-14-16-7-5-4-6-8-16/h4-8,13,15H,9-12,14H2,1-3H3/t24-/m0/s1. The van der Waals surface area contributed by atoms with Gasteiger partial charge in [0.2, 0.25) is 0 Å². The molecule has 0 N–H and O–H groups in total. The van der Waals surface area contributed by atoms with Crippen LogP contribution in [0.5, 0.6) is 0 Å². The molecule has 1 fully saturated rings. The van der Waals surface area contributed by atoms with E-state index in [9.17, 15) is 9.00 Å². The third-order valence-corrected chi connectivity index (χ3v) is 5.26. The number of carbonyl (C=O) groups is 1. The van der Waals surface area contributed by atoms with Crippen LogP contribution < -0.4 is 0 Å². The van der Waals surface area contributed by atoms with E-state index in [1.54, 1.807) is 11.1 Å². The Labute approximate surface area is 146 Å². The topological polar surface area (TPSA) is 59.0 Å². The zero-order valence-corrected chi connectivity index (χ0v) is 15.4. The minimum absolute atomic E-state index is 0.271. The molecule has 132 valence electrons. The van der Waals surface area contributed by atoms with E-state index in [4.69, 9.17) is 4.74 Å². The van der Waals surface area contributed by atoms with Crippen LogP contribution in [0, 0.1) is 5.92 Å². The van der Waals surface area contributed by atoms with Crippen LogP contribution in [0.4, 0.5) is 4.79 Å². The lowest BCUT2D eigenvalue weighted by atomic mass is 9.99. The number of piperidine rings is 1. The van der Waals surface area contributed by atoms with Gasteiger partial charge in [-0.15, -0.1) is 0 Å². The average Bonchev–Trinajstić information content (AvgIpc) is 2.58. The molecular formula is C18H26N2O3S. The van der Waals surface area contributed by atoms with Gasteiger partial charge in [-0.3, -0.25) is 0 Å². The lowest BCUT2D eigenvalue weighted by Gasteiger charge is -2.29. The fourth-order valence-corrected chi connectivity index (χ4v) is 2.94. The number of carbonyl (C=O) groups excluding carboxylic acids is 1. The molecule has 0 bridgehead atoms. The lowest BCUT2D eigenvalue weighted by molar-refractivity contribution is 0.0867. The zero-order chi connectivity index (χ0) is 17.6. The smallest absolute Gasteiger partial charge is 0.410 e. The Morgan fingerprint density at radius 3 is 2.50 bits per heavy atom. The van der Waals surface area contributed by atoms with Gasteiger partial charge in [0, 0.05) is 19.3 Å². The summed E-state index contributed by atoms with van der Waals surface area (Å²) in [6, 6.07) is 9.66. The van der Waals surface area contributed by atoms with Crippen LogP contribution >= 0.6 is 0 Å². The van der Waals surface area contributed by atoms with Crippen LogP contribution in [0.15, 0.2) is 34.7 Å². The molecule has 1 saturated heterocycles. The second-order valence-electron chi connectivity index (χ2n) is 6.98. The van der Waals surface area contributed by atoms with E-state index in [2.05, 4.69) is 4.40 Å². The second-order valence-corrected chi connectivity index (χ2v) is 8.91. The molecule has 0 spiro atoms. The molecule has 1 aliphatic heterocycles. The molecule has 5 nitrogen and oxygen atoms in total. The van der Waals surface area contributed by atoms with Crippen molar-refractivity contribution in [1.82, 2.24) is 4.90 Å². The monoisotopic (exact) mass is 350 g/mol. The largest absolute Gasteiger partial charge is 0.445 e. The predicted molar refractivity (Wildman–Crippen MR) is 97.3 cm³/mol. The van der Waals surface area contributed by atoms with Gasteiger partial charge < -0.3 is 9.64 Å². The molecule has 0 aromatic heterocycles. The maximum atomic E-state index is 12.1. The summed E-state index contributed by atoms with van der Waals surface area (Å²) in [5, 5.41) is 0. The van der Waals surface area contributed by atoms with Crippen LogP contribution in [0.25, 0.3) is 0 Å². The molecule has 1 aromatic carbocycles. The van der Waals surface area contributed by atoms with Crippen molar-refractivity contribution in [3.05, 3.63) is 35.9 Å². The number of rotatable bonds is 4. The van der Waals surface area contributed by atoms with Gasteiger partial charge in [-0.25, -0.2) is 9.00 Å². The summed E-state index contributed by atoms with van der Waals surface area (Å²) in [6.07, 6.45) is 3.18. The molecule has 2 rings (SSSR count). The highest BCUT2D eigenvalue weighted by atomic mass is 32.2. The highest BCUT2D eigenvalue weighted by Crippen LogP contribution is 2.18. The van der Waals surface area contributed by atoms with Crippen LogP contribution in [-0.4, -0.2) is 39.3 Å². The summed E-state index contributed by atoms with van der Waals surface area (Å²) >= 11 is 0. The average molecular weight is 350 g/mol. The molecule has 1 amide bonds. The zero-order valence-electron chi connectivity index (χ0n) is 14.6. The van der Waals surface area contributed by atoms with Crippen LogP contribution in [0.2, 0.25) is 0 Å². The van der Waals surface area contributed by atoms with Gasteiger partial charge in [0.1, 0.15) is 17.6 Å². The summed E-state index contributed by atoms with van der Waals surface area (Å²) in [4.78, 5) is 13.8. The summed E-state index contributed by atoms with van der Waals surface area (Å²) < 4.78 is 21.1. The Morgan fingerprint density at radius 1 is 1.29 bits per heavy atom. The number of nitrogens with zero attached hydrogens (tertiary/aromatic N) is 2. The number of amides is 1. The fourth-order valence-electron chi connectivity index (χ4n) is 2.34. The molecule has 1 atom stereocenters. The Bertz CT molecular complexity index is 588. The summed E-state index contributed by atoms with van der Waals surface area (Å²) in [5.74, 6) is 0.273. The maximum absolute atomic E-state index is 12.1. The highest BCUT2D eigenvalue weighted by molar-refractivity contribution is 7.85. The second kappa shape index (κ2) is 8.42. The van der Waals surface area contributed by atoms with Crippen molar-refractivity contribution in [3.8, 4) is 0 Å². The van der Waals surface area contributed by atoms with Gasteiger partial charge in [-0.1, -0.05) is 30.3 Å². The van der Waals surface area contributed by atoms with Crippen LogP contribution in [0.1, 0.15) is 39.2 Å². The van der Waals surface area contributed by atoms with E-state index in [-0.39, 0.29) is 16.8 Å². The molecule has 0 radical (unpaired) electrons. The fraction of sp³-hybridized carbons (Fsp3) is 0.556. The maximum Gasteiger partial charge on any atom is 0.410 e. The summed E-state index contributed by atoms with van der Waals surface area (Å²) in [7, 11) is -1.22. The first kappa shape index (κ1) is 18.6. The highest BCUT2D eigenvalue weighted by Gasteiger charge is 2.24. The SMILES string of the molecule is CC(C)(C)[S@](=O)N=CC1CCN(C(=O)OCc2ccccc2)CC1. The Kier molecular flexibility index (Phi) is 6.54. The van der Waals surface area contributed by atoms with Crippen LogP contribution in [-0.2, 0) is 22.3 Å². The van der Waals surface area contributed by atoms with Crippen molar-refractivity contribution in [1.29, 1.82) is 0 Å². The van der Waals surface area contributed by atoms with Crippen molar-refractivity contribution in [2.24, 2.45) is 10.3 Å². The lowest BCUT2D eigenvalue weighted by Crippen LogP contribution is -2.39. The molecule has 24 heavy (non-hydrogen) atoms. The van der Waals surface area contributed by atoms with E-state index in [1.165, 1.54) is 0 Å². The molecule has 1 aromatic rings. The number of benzene rings is 1. The normalized spacial score (nSPS) is 17.9. The van der Waals surface area contributed by atoms with Gasteiger partial charge in [0.05, 0.1) is 4.75 Å². The summed E-state index contributed by atoms with van der Waals surface area (Å²) in [6.45, 7) is 7.31. The third-order valence-electron chi connectivity index (χ3n) is 3.89. The van der Waals surface area contributed by atoms with Gasteiger partial charge in [-0.05, 0) is 45.1 Å². The third kappa shape index (κ3) is 5.74. The van der Waals surface area contributed by atoms with E-state index < -0.39 is 11.0 Å². The first-order valence-corrected chi connectivity index (χ1v) is 9.39. The molecule has 0 unspecified atom stereocenters. The van der Waals surface area contributed by atoms with Crippen molar-refractivity contribution in [2.45, 2.75) is 45.0 Å². The van der Waals surface area contributed by atoms with E-state index in [0.29, 0.717) is 19.7 Å². The van der Waals surface area contributed by atoms with Gasteiger partial charge >= 0.3 is 6.09 Å². The Morgan fingerprint density at radius 2 is 1.92 bits per heavy atom. The number of likely N-dealkylation sites (tertiary alicyclic amines) is 1. The Balaban J connectivity index is 1.75. The summed E-state index contributed by atoms with van der Waals surface area (Å²) in [5.41, 5.74) is 0.984. The van der Waals surface area contributed by atoms with E-state index in [1.807, 2.05) is 51.1 Å². The minimum Gasteiger partial charge on any atom is -0.445 e. The molecule has 0 aliphatic carbocycles. The molecule has 0 saturated carbocycles. The van der Waals surface area contributed by atoms with Crippen molar-refractivity contribution < 1.29 is 13.7 Å². The van der Waals surface area contributed by atoms with Gasteiger partial charge in [0.25, 0.3) is 0 Å². The van der Waals surface area contributed by atoms with Crippen LogP contribution in [0.3, 0.4) is 0 Å². The van der Waals surface area contributed by atoms with E-state index >= 15 is 0 Å². The number of hydrogen-bond acceptors (Lipinski definition) is 3. The molecule has 6 heteroatoms. The minimum atomic E-state index is -1.22. The van der Waals surface area contributed by atoms with Crippen molar-refractivity contribution >= 4 is 23.3 Å². The van der Waals surface area contributed by atoms with E-state index in [0.717, 1.165) is 18.4 Å².